The van der Waals surface area contributed by atoms with Crippen LogP contribution in [0.3, 0.4) is 0 Å². The van der Waals surface area contributed by atoms with Crippen molar-refractivity contribution in [1.29, 1.82) is 4.78 Å². The van der Waals surface area contributed by atoms with Crippen LogP contribution in [0, 0.1) is 11.7 Å². The number of ether oxygens (including phenoxy) is 2. The van der Waals surface area contributed by atoms with Gasteiger partial charge in [0, 0.05) is 22.3 Å². The monoisotopic (exact) mass is 438 g/mol. The maximum absolute atomic E-state index is 12.3. The highest BCUT2D eigenvalue weighted by Gasteiger charge is 2.20. The lowest BCUT2D eigenvalue weighted by Gasteiger charge is -2.19. The molecule has 0 amide bonds. The highest BCUT2D eigenvalue weighted by molar-refractivity contribution is 7.91. The number of nitrogens with two attached hydrogens (primary N) is 1. The molecule has 2 heterocycles. The Hall–Kier alpha value is -3.13. The van der Waals surface area contributed by atoms with Gasteiger partial charge >= 0.3 is 0 Å². The van der Waals surface area contributed by atoms with E-state index in [1.165, 1.54) is 6.26 Å². The molecule has 8 heteroatoms. The van der Waals surface area contributed by atoms with Crippen molar-refractivity contribution in [3.63, 3.8) is 0 Å². The Morgan fingerprint density at radius 1 is 1.23 bits per heavy atom. The first-order valence-electron chi connectivity index (χ1n) is 10.1. The lowest BCUT2D eigenvalue weighted by Crippen LogP contribution is -2.10. The molecule has 0 spiro atoms. The van der Waals surface area contributed by atoms with E-state index in [0.29, 0.717) is 17.2 Å². The molecule has 3 aromatic rings. The smallest absolute Gasteiger partial charge is 0.258 e. The fourth-order valence-corrected chi connectivity index (χ4v) is 4.32. The molecule has 0 saturated carbocycles. The Bertz CT molecular complexity index is 1240. The van der Waals surface area contributed by atoms with E-state index < -0.39 is 9.73 Å². The van der Waals surface area contributed by atoms with Gasteiger partial charge in [0.15, 0.2) is 5.82 Å². The van der Waals surface area contributed by atoms with Crippen LogP contribution in [-0.4, -0.2) is 27.0 Å². The summed E-state index contributed by atoms with van der Waals surface area (Å²) >= 11 is 0. The van der Waals surface area contributed by atoms with Crippen LogP contribution in [-0.2, 0) is 16.1 Å². The second-order valence-corrected chi connectivity index (χ2v) is 10.0. The molecule has 1 aromatic heterocycles. The van der Waals surface area contributed by atoms with Gasteiger partial charge < -0.3 is 15.2 Å². The predicted molar refractivity (Wildman–Crippen MR) is 121 cm³/mol. The van der Waals surface area contributed by atoms with Crippen LogP contribution >= 0.6 is 0 Å². The Morgan fingerprint density at radius 3 is 2.81 bits per heavy atom. The van der Waals surface area contributed by atoms with E-state index in [2.05, 4.69) is 9.97 Å². The lowest BCUT2D eigenvalue weighted by atomic mass is 10.0. The van der Waals surface area contributed by atoms with Crippen molar-refractivity contribution < 1.29 is 13.7 Å². The van der Waals surface area contributed by atoms with Crippen LogP contribution in [0.1, 0.15) is 36.1 Å². The SMILES string of the molecule is Cc1ccc2c(c1)[C@@H](C)Oc1nc(cnc1N)-c1cc(S(C)(=N)=O)ccc1CCCO2. The van der Waals surface area contributed by atoms with Crippen LogP contribution in [0.5, 0.6) is 11.6 Å². The van der Waals surface area contributed by atoms with Gasteiger partial charge in [-0.25, -0.2) is 19.0 Å². The van der Waals surface area contributed by atoms with Gasteiger partial charge in [-0.05, 0) is 56.5 Å². The summed E-state index contributed by atoms with van der Waals surface area (Å²) in [5.41, 5.74) is 10.5. The van der Waals surface area contributed by atoms with Crippen molar-refractivity contribution in [2.75, 3.05) is 18.6 Å². The van der Waals surface area contributed by atoms with Gasteiger partial charge in [0.05, 0.1) is 28.2 Å². The lowest BCUT2D eigenvalue weighted by molar-refractivity contribution is 0.209. The number of fused-ring (bicyclic) bond motifs is 5. The number of nitrogens with zero attached hydrogens (tertiary/aromatic N) is 2. The van der Waals surface area contributed by atoms with Crippen LogP contribution in [0.4, 0.5) is 5.82 Å². The molecule has 162 valence electrons. The van der Waals surface area contributed by atoms with Crippen molar-refractivity contribution >= 4 is 15.5 Å². The van der Waals surface area contributed by atoms with E-state index in [-0.39, 0.29) is 17.8 Å². The van der Waals surface area contributed by atoms with Gasteiger partial charge in [0.25, 0.3) is 5.88 Å². The molecular weight excluding hydrogens is 412 g/mol. The van der Waals surface area contributed by atoms with E-state index >= 15 is 0 Å². The number of nitrogens with one attached hydrogen (secondary N) is 1. The fourth-order valence-electron chi connectivity index (χ4n) is 3.64. The molecule has 1 aliphatic rings. The molecule has 3 N–H and O–H groups in total. The average Bonchev–Trinajstić information content (AvgIpc) is 2.73. The van der Waals surface area contributed by atoms with Gasteiger partial charge in [-0.2, -0.15) is 0 Å². The highest BCUT2D eigenvalue weighted by atomic mass is 32.2. The summed E-state index contributed by atoms with van der Waals surface area (Å²) < 4.78 is 32.5. The number of aryl methyl sites for hydroxylation is 2. The number of nitrogen functional groups attached to an aromatic ring is 1. The number of anilines is 1. The molecule has 2 aromatic carbocycles. The third-order valence-electron chi connectivity index (χ3n) is 5.31. The molecular formula is C23H26N4O3S. The Kier molecular flexibility index (Phi) is 5.58. The summed E-state index contributed by atoms with van der Waals surface area (Å²) in [4.78, 5) is 9.38. The number of hydrogen-bond acceptors (Lipinski definition) is 7. The first kappa shape index (κ1) is 21.1. The highest BCUT2D eigenvalue weighted by Crippen LogP contribution is 2.34. The summed E-state index contributed by atoms with van der Waals surface area (Å²) in [7, 11) is -2.87. The van der Waals surface area contributed by atoms with E-state index in [1.54, 1.807) is 18.3 Å². The van der Waals surface area contributed by atoms with Crippen LogP contribution in [0.25, 0.3) is 11.3 Å². The first-order valence-corrected chi connectivity index (χ1v) is 12.1. The quantitative estimate of drug-likeness (QED) is 0.577. The third kappa shape index (κ3) is 4.49. The molecule has 0 aliphatic carbocycles. The fraction of sp³-hybridized carbons (Fsp3) is 0.304. The minimum absolute atomic E-state index is 0.193. The molecule has 1 unspecified atom stereocenters. The van der Waals surface area contributed by atoms with Crippen LogP contribution in [0.15, 0.2) is 47.5 Å². The summed E-state index contributed by atoms with van der Waals surface area (Å²) in [5.74, 6) is 1.20. The summed E-state index contributed by atoms with van der Waals surface area (Å²) in [6.07, 6.45) is 4.16. The molecule has 0 radical (unpaired) electrons. The first-order chi connectivity index (χ1) is 14.7. The molecule has 2 bridgehead atoms. The molecule has 7 nitrogen and oxygen atoms in total. The molecule has 31 heavy (non-hydrogen) atoms. The summed E-state index contributed by atoms with van der Waals surface area (Å²) in [5, 5.41) is 0. The van der Waals surface area contributed by atoms with Crippen molar-refractivity contribution in [1.82, 2.24) is 9.97 Å². The second kappa shape index (κ2) is 8.19. The van der Waals surface area contributed by atoms with Crippen molar-refractivity contribution in [2.24, 2.45) is 0 Å². The topological polar surface area (TPSA) is 111 Å². The van der Waals surface area contributed by atoms with Gasteiger partial charge in [-0.15, -0.1) is 0 Å². The molecule has 2 atom stereocenters. The van der Waals surface area contributed by atoms with Gasteiger partial charge in [-0.3, -0.25) is 0 Å². The maximum Gasteiger partial charge on any atom is 0.258 e. The Labute approximate surface area is 182 Å². The Morgan fingerprint density at radius 2 is 2.03 bits per heavy atom. The minimum atomic E-state index is -2.87. The zero-order chi connectivity index (χ0) is 22.2. The largest absolute Gasteiger partial charge is 0.493 e. The van der Waals surface area contributed by atoms with Gasteiger partial charge in [0.1, 0.15) is 11.9 Å². The van der Waals surface area contributed by atoms with Crippen molar-refractivity contribution in [3.8, 4) is 22.9 Å². The van der Waals surface area contributed by atoms with E-state index in [9.17, 15) is 4.21 Å². The molecule has 1 aliphatic heterocycles. The maximum atomic E-state index is 12.3. The third-order valence-corrected chi connectivity index (χ3v) is 6.47. The normalized spacial score (nSPS) is 18.0. The standard InChI is InChI=1S/C23H26N4O3S/c1-14-6-9-21-18(11-14)15(2)30-23-22(24)26-13-20(27-23)19-12-17(31(3,25)28)8-7-16(19)5-4-10-29-21/h6-9,11-13,15,25H,4-5,10H2,1-3H3,(H2,24,26)/t15-,31?/m1/s1. The summed E-state index contributed by atoms with van der Waals surface area (Å²) in [6.45, 7) is 4.49. The minimum Gasteiger partial charge on any atom is -0.493 e. The number of aromatic nitrogens is 2. The van der Waals surface area contributed by atoms with Crippen molar-refractivity contribution in [2.45, 2.75) is 37.7 Å². The number of hydrogen-bond donors (Lipinski definition) is 2. The average molecular weight is 439 g/mol. The molecule has 4 rings (SSSR count). The van der Waals surface area contributed by atoms with Gasteiger partial charge in [-0.1, -0.05) is 17.7 Å². The zero-order valence-electron chi connectivity index (χ0n) is 17.8. The number of benzene rings is 2. The second-order valence-electron chi connectivity index (χ2n) is 7.86. The van der Waals surface area contributed by atoms with E-state index in [1.807, 2.05) is 38.1 Å². The Balaban J connectivity index is 1.85. The predicted octanol–water partition coefficient (Wildman–Crippen LogP) is 4.53. The van der Waals surface area contributed by atoms with E-state index in [4.69, 9.17) is 20.0 Å². The van der Waals surface area contributed by atoms with Crippen molar-refractivity contribution in [3.05, 3.63) is 59.3 Å². The number of rotatable bonds is 1. The summed E-state index contributed by atoms with van der Waals surface area (Å²) in [6, 6.07) is 11.4. The van der Waals surface area contributed by atoms with E-state index in [0.717, 1.165) is 40.8 Å². The van der Waals surface area contributed by atoms with Crippen LogP contribution in [0.2, 0.25) is 0 Å². The van der Waals surface area contributed by atoms with Gasteiger partial charge in [0.2, 0.25) is 0 Å². The molecule has 0 fully saturated rings. The molecule has 0 saturated heterocycles. The van der Waals surface area contributed by atoms with Crippen LogP contribution < -0.4 is 15.2 Å². The zero-order valence-corrected chi connectivity index (χ0v) is 18.7.